The zero-order valence-corrected chi connectivity index (χ0v) is 25.5. The first-order chi connectivity index (χ1) is 20.8. The van der Waals surface area contributed by atoms with Crippen LogP contribution in [0.2, 0.25) is 0 Å². The van der Waals surface area contributed by atoms with E-state index in [0.717, 1.165) is 5.56 Å². The molecular weight excluding hydrogens is 576 g/mol. The maximum atomic E-state index is 13.4. The van der Waals surface area contributed by atoms with Crippen molar-refractivity contribution >= 4 is 29.6 Å². The number of nitrogens with one attached hydrogen (secondary N) is 1. The van der Waals surface area contributed by atoms with Gasteiger partial charge in [0.05, 0.1) is 13.0 Å². The molecule has 13 nitrogen and oxygen atoms in total. The average molecular weight is 615 g/mol. The Balaban J connectivity index is 1.90. The first-order valence-corrected chi connectivity index (χ1v) is 14.2. The van der Waals surface area contributed by atoms with E-state index < -0.39 is 84.2 Å². The number of hydrogen-bond donors (Lipinski definition) is 2. The van der Waals surface area contributed by atoms with E-state index in [-0.39, 0.29) is 17.9 Å². The molecule has 1 fully saturated rings. The van der Waals surface area contributed by atoms with Gasteiger partial charge in [0.2, 0.25) is 5.78 Å². The summed E-state index contributed by atoms with van der Waals surface area (Å²) in [7, 11) is 1.28. The van der Waals surface area contributed by atoms with E-state index in [1.54, 1.807) is 52.0 Å². The van der Waals surface area contributed by atoms with Crippen LogP contribution >= 0.6 is 0 Å². The van der Waals surface area contributed by atoms with Crippen molar-refractivity contribution in [2.45, 2.75) is 65.6 Å². The molecule has 1 aromatic heterocycles. The topological polar surface area (TPSA) is 177 Å². The maximum Gasteiger partial charge on any atom is 0.332 e. The van der Waals surface area contributed by atoms with Crippen LogP contribution in [0.4, 0.5) is 0 Å². The zero-order chi connectivity index (χ0) is 32.6. The summed E-state index contributed by atoms with van der Waals surface area (Å²) < 4.78 is 27.3. The molecule has 13 heteroatoms. The fraction of sp³-hybridized carbons (Fsp3) is 0.484. The lowest BCUT2D eigenvalue weighted by molar-refractivity contribution is -0.176. The Morgan fingerprint density at radius 3 is 2.34 bits per heavy atom. The number of methoxy groups -OCH3 is 1. The first kappa shape index (κ1) is 34.0. The predicted molar refractivity (Wildman–Crippen MR) is 153 cm³/mol. The Hall–Kier alpha value is -4.52. The SMILES string of the molecule is COc1ccnc(C(=O)N[C@H]2COC(=O)[C@H](Cc3ccccc3)[C@@H](OC(=O)C(C)C)[C@H](C)OC2=O)c1OC(O)C(=O)C(C)C. The molecule has 2 heterocycles. The number of benzene rings is 1. The van der Waals surface area contributed by atoms with Gasteiger partial charge in [-0.05, 0) is 18.9 Å². The van der Waals surface area contributed by atoms with Crippen LogP contribution in [-0.2, 0) is 39.8 Å². The Morgan fingerprint density at radius 2 is 1.73 bits per heavy atom. The summed E-state index contributed by atoms with van der Waals surface area (Å²) in [6.45, 7) is 7.26. The van der Waals surface area contributed by atoms with Crippen LogP contribution in [0.5, 0.6) is 11.5 Å². The van der Waals surface area contributed by atoms with E-state index in [4.69, 9.17) is 23.7 Å². The van der Waals surface area contributed by atoms with E-state index in [1.165, 1.54) is 26.3 Å². The van der Waals surface area contributed by atoms with Gasteiger partial charge in [-0.2, -0.15) is 0 Å². The second-order valence-electron chi connectivity index (χ2n) is 10.9. The van der Waals surface area contributed by atoms with Crippen molar-refractivity contribution < 1.29 is 52.8 Å². The highest BCUT2D eigenvalue weighted by molar-refractivity contribution is 5.98. The average Bonchev–Trinajstić information content (AvgIpc) is 3.03. The monoisotopic (exact) mass is 614 g/mol. The number of ether oxygens (including phenoxy) is 5. The summed E-state index contributed by atoms with van der Waals surface area (Å²) in [6.07, 6.45) is -2.86. The molecule has 1 saturated heterocycles. The van der Waals surface area contributed by atoms with Crippen molar-refractivity contribution in [2.75, 3.05) is 13.7 Å². The van der Waals surface area contributed by atoms with Crippen LogP contribution in [0.25, 0.3) is 0 Å². The minimum atomic E-state index is -1.93. The summed E-state index contributed by atoms with van der Waals surface area (Å²) in [5.74, 6) is -6.45. The number of esters is 3. The zero-order valence-electron chi connectivity index (χ0n) is 25.5. The Bertz CT molecular complexity index is 1350. The van der Waals surface area contributed by atoms with E-state index >= 15 is 0 Å². The van der Waals surface area contributed by atoms with Crippen molar-refractivity contribution in [1.82, 2.24) is 10.3 Å². The van der Waals surface area contributed by atoms with Gasteiger partial charge in [0.25, 0.3) is 12.2 Å². The third-order valence-corrected chi connectivity index (χ3v) is 6.81. The number of aromatic nitrogens is 1. The van der Waals surface area contributed by atoms with Gasteiger partial charge >= 0.3 is 17.9 Å². The molecule has 2 aromatic rings. The number of amides is 1. The predicted octanol–water partition coefficient (Wildman–Crippen LogP) is 2.03. The number of nitrogens with zero attached hydrogens (tertiary/aromatic N) is 1. The number of aliphatic hydroxyl groups excluding tert-OH is 1. The van der Waals surface area contributed by atoms with Gasteiger partial charge in [-0.15, -0.1) is 0 Å². The van der Waals surface area contributed by atoms with Crippen LogP contribution in [0.3, 0.4) is 0 Å². The smallest absolute Gasteiger partial charge is 0.332 e. The standard InChI is InChI=1S/C31H38N2O11/c1-16(2)24(34)31(39)44-26-22(40-6)12-13-32-23(26)27(35)33-21-15-41-29(37)20(14-19-10-8-7-9-11-19)25(18(5)42-30(21)38)43-28(36)17(3)4/h7-13,16-18,20-21,25,31,39H,14-15H2,1-6H3,(H,33,35)/t18-,20+,21-,25-,31?/m0/s1. The van der Waals surface area contributed by atoms with Crippen molar-refractivity contribution in [3.05, 3.63) is 53.9 Å². The molecule has 0 aliphatic carbocycles. The van der Waals surface area contributed by atoms with Crippen LogP contribution in [0, 0.1) is 17.8 Å². The largest absolute Gasteiger partial charge is 0.493 e. The first-order valence-electron chi connectivity index (χ1n) is 14.2. The molecule has 1 unspecified atom stereocenters. The molecule has 0 radical (unpaired) electrons. The number of hydrogen-bond acceptors (Lipinski definition) is 12. The number of aliphatic hydroxyl groups is 1. The molecule has 0 bridgehead atoms. The number of carbonyl (C=O) groups is 5. The number of pyridine rings is 1. The highest BCUT2D eigenvalue weighted by Crippen LogP contribution is 2.31. The van der Waals surface area contributed by atoms with E-state index in [1.807, 2.05) is 6.07 Å². The highest BCUT2D eigenvalue weighted by Gasteiger charge is 2.42. The Kier molecular flexibility index (Phi) is 11.8. The number of Topliss-reactive ketones (excluding diaryl/α,β-unsaturated/α-hetero) is 1. The van der Waals surface area contributed by atoms with Gasteiger partial charge in [0.15, 0.2) is 29.3 Å². The van der Waals surface area contributed by atoms with Crippen molar-refractivity contribution in [2.24, 2.45) is 17.8 Å². The minimum Gasteiger partial charge on any atom is -0.493 e. The van der Waals surface area contributed by atoms with Gasteiger partial charge in [-0.1, -0.05) is 58.0 Å². The third-order valence-electron chi connectivity index (χ3n) is 6.81. The van der Waals surface area contributed by atoms with Gasteiger partial charge in [0, 0.05) is 18.2 Å². The fourth-order valence-corrected chi connectivity index (χ4v) is 4.30. The molecule has 0 saturated carbocycles. The molecule has 238 valence electrons. The summed E-state index contributed by atoms with van der Waals surface area (Å²) in [6, 6.07) is 8.84. The second-order valence-corrected chi connectivity index (χ2v) is 10.9. The Morgan fingerprint density at radius 1 is 1.05 bits per heavy atom. The van der Waals surface area contributed by atoms with Gasteiger partial charge < -0.3 is 34.1 Å². The molecule has 5 atom stereocenters. The normalized spacial score (nSPS) is 21.2. The van der Waals surface area contributed by atoms with Crippen LogP contribution < -0.4 is 14.8 Å². The number of rotatable bonds is 11. The van der Waals surface area contributed by atoms with Crippen molar-refractivity contribution in [1.29, 1.82) is 0 Å². The fourth-order valence-electron chi connectivity index (χ4n) is 4.30. The molecule has 44 heavy (non-hydrogen) atoms. The lowest BCUT2D eigenvalue weighted by Gasteiger charge is -2.29. The molecule has 1 aliphatic rings. The molecule has 1 amide bonds. The van der Waals surface area contributed by atoms with Crippen molar-refractivity contribution in [3.8, 4) is 11.5 Å². The Labute approximate surface area is 255 Å². The quantitative estimate of drug-likeness (QED) is 0.214. The number of cyclic esters (lactones) is 2. The third kappa shape index (κ3) is 8.53. The molecule has 3 rings (SSSR count). The number of carbonyl (C=O) groups excluding carboxylic acids is 5. The molecule has 0 spiro atoms. The summed E-state index contributed by atoms with van der Waals surface area (Å²) in [5, 5.41) is 12.7. The molecule has 2 N–H and O–H groups in total. The second kappa shape index (κ2) is 15.3. The van der Waals surface area contributed by atoms with E-state index in [9.17, 15) is 29.1 Å². The lowest BCUT2D eigenvalue weighted by Crippen LogP contribution is -2.47. The highest BCUT2D eigenvalue weighted by atomic mass is 16.6. The minimum absolute atomic E-state index is 0.0172. The lowest BCUT2D eigenvalue weighted by atomic mass is 9.91. The molecule has 1 aliphatic heterocycles. The van der Waals surface area contributed by atoms with Gasteiger partial charge in [-0.25, -0.2) is 9.78 Å². The maximum absolute atomic E-state index is 13.4. The van der Waals surface area contributed by atoms with Crippen LogP contribution in [0.1, 0.15) is 50.7 Å². The van der Waals surface area contributed by atoms with Gasteiger partial charge in [0.1, 0.15) is 18.6 Å². The van der Waals surface area contributed by atoms with Crippen molar-refractivity contribution in [3.63, 3.8) is 0 Å². The van der Waals surface area contributed by atoms with Gasteiger partial charge in [-0.3, -0.25) is 19.2 Å². The summed E-state index contributed by atoms with van der Waals surface area (Å²) in [4.78, 5) is 68.9. The van der Waals surface area contributed by atoms with E-state index in [2.05, 4.69) is 10.3 Å². The number of ketones is 1. The van der Waals surface area contributed by atoms with Crippen LogP contribution in [-0.4, -0.2) is 77.9 Å². The van der Waals surface area contributed by atoms with E-state index in [0.29, 0.717) is 0 Å². The summed E-state index contributed by atoms with van der Waals surface area (Å²) >= 11 is 0. The molecular formula is C31H38N2O11. The summed E-state index contributed by atoms with van der Waals surface area (Å²) in [5.41, 5.74) is 0.343. The van der Waals surface area contributed by atoms with Crippen LogP contribution in [0.15, 0.2) is 42.6 Å². The molecule has 1 aromatic carbocycles.